The minimum Gasteiger partial charge on any atom is -0.493 e. The highest BCUT2D eigenvalue weighted by molar-refractivity contribution is 6.30. The van der Waals surface area contributed by atoms with Gasteiger partial charge < -0.3 is 14.8 Å². The summed E-state index contributed by atoms with van der Waals surface area (Å²) < 4.78 is 10.8. The number of benzene rings is 1. The van der Waals surface area contributed by atoms with Gasteiger partial charge in [0.15, 0.2) is 11.5 Å². The Bertz CT molecular complexity index is 1210. The summed E-state index contributed by atoms with van der Waals surface area (Å²) in [7, 11) is 3.23. The summed E-state index contributed by atoms with van der Waals surface area (Å²) in [5.41, 5.74) is 6.22. The number of methoxy groups -OCH3 is 2. The summed E-state index contributed by atoms with van der Waals surface area (Å²) in [6.07, 6.45) is 3.57. The Morgan fingerprint density at radius 2 is 1.70 bits per heavy atom. The van der Waals surface area contributed by atoms with Gasteiger partial charge in [-0.3, -0.25) is 9.97 Å². The lowest BCUT2D eigenvalue weighted by molar-refractivity contribution is 0.355. The molecule has 0 aliphatic rings. The summed E-state index contributed by atoms with van der Waals surface area (Å²) in [5, 5.41) is 3.83. The first-order valence-electron chi connectivity index (χ1n) is 9.42. The molecular formula is C23H21ClN4O2. The number of nitrogens with one attached hydrogen (secondary N) is 1. The van der Waals surface area contributed by atoms with Crippen LogP contribution in [0.2, 0.25) is 5.15 Å². The van der Waals surface area contributed by atoms with Crippen LogP contribution in [0.3, 0.4) is 0 Å². The van der Waals surface area contributed by atoms with Crippen LogP contribution in [0, 0.1) is 6.92 Å². The largest absolute Gasteiger partial charge is 0.493 e. The Labute approximate surface area is 179 Å². The molecule has 0 atom stereocenters. The maximum atomic E-state index is 6.36. The lowest BCUT2D eigenvalue weighted by Gasteiger charge is -2.13. The molecule has 1 N–H and O–H groups in total. The van der Waals surface area contributed by atoms with Crippen molar-refractivity contribution in [1.82, 2.24) is 15.0 Å². The molecule has 0 unspecified atom stereocenters. The predicted molar refractivity (Wildman–Crippen MR) is 119 cm³/mol. The average molecular weight is 421 g/mol. The summed E-state index contributed by atoms with van der Waals surface area (Å²) in [6.45, 7) is 2.60. The van der Waals surface area contributed by atoms with Crippen LogP contribution in [0.4, 0.5) is 5.69 Å². The number of pyridine rings is 3. The molecule has 6 nitrogen and oxygen atoms in total. The fourth-order valence-electron chi connectivity index (χ4n) is 3.37. The normalized spacial score (nSPS) is 10.8. The van der Waals surface area contributed by atoms with Crippen molar-refractivity contribution < 1.29 is 9.47 Å². The van der Waals surface area contributed by atoms with E-state index < -0.39 is 0 Å². The lowest BCUT2D eigenvalue weighted by atomic mass is 10.0. The Morgan fingerprint density at radius 1 is 0.900 bits per heavy atom. The highest BCUT2D eigenvalue weighted by atomic mass is 35.5. The molecule has 152 valence electrons. The lowest BCUT2D eigenvalue weighted by Crippen LogP contribution is -2.02. The third kappa shape index (κ3) is 4.00. The molecule has 0 fully saturated rings. The zero-order chi connectivity index (χ0) is 21.1. The molecule has 30 heavy (non-hydrogen) atoms. The molecule has 4 rings (SSSR count). The number of anilines is 1. The topological polar surface area (TPSA) is 69.2 Å². The van der Waals surface area contributed by atoms with E-state index in [2.05, 4.69) is 20.3 Å². The van der Waals surface area contributed by atoms with E-state index in [1.807, 2.05) is 43.3 Å². The minimum absolute atomic E-state index is 0.394. The average Bonchev–Trinajstić information content (AvgIpc) is 2.76. The maximum Gasteiger partial charge on any atom is 0.161 e. The van der Waals surface area contributed by atoms with Gasteiger partial charge >= 0.3 is 0 Å². The number of ether oxygens (including phenoxy) is 2. The number of hydrogen-bond acceptors (Lipinski definition) is 6. The molecule has 0 aliphatic carbocycles. The van der Waals surface area contributed by atoms with Crippen LogP contribution in [0.1, 0.15) is 11.3 Å². The van der Waals surface area contributed by atoms with E-state index in [9.17, 15) is 0 Å². The fraction of sp³-hybridized carbons (Fsp3) is 0.174. The van der Waals surface area contributed by atoms with E-state index in [1.54, 1.807) is 32.7 Å². The van der Waals surface area contributed by atoms with Gasteiger partial charge in [0, 0.05) is 36.3 Å². The Hall–Kier alpha value is -3.38. The van der Waals surface area contributed by atoms with E-state index in [0.717, 1.165) is 33.6 Å². The first-order valence-corrected chi connectivity index (χ1v) is 9.80. The molecular weight excluding hydrogens is 400 g/mol. The van der Waals surface area contributed by atoms with Crippen LogP contribution < -0.4 is 14.8 Å². The van der Waals surface area contributed by atoms with Crippen molar-refractivity contribution in [3.63, 3.8) is 0 Å². The molecule has 0 amide bonds. The number of fused-ring (bicyclic) bond motifs is 1. The van der Waals surface area contributed by atoms with Gasteiger partial charge in [0.1, 0.15) is 16.2 Å². The van der Waals surface area contributed by atoms with Crippen LogP contribution >= 0.6 is 11.6 Å². The van der Waals surface area contributed by atoms with Crippen LogP contribution in [-0.4, -0.2) is 29.2 Å². The fourth-order valence-corrected chi connectivity index (χ4v) is 3.57. The predicted octanol–water partition coefficient (Wildman–Crippen LogP) is 5.28. The second-order valence-electron chi connectivity index (χ2n) is 6.78. The number of aryl methyl sites for hydroxylation is 1. The zero-order valence-corrected chi connectivity index (χ0v) is 17.7. The summed E-state index contributed by atoms with van der Waals surface area (Å²) >= 11 is 6.36. The molecule has 7 heteroatoms. The van der Waals surface area contributed by atoms with Crippen molar-refractivity contribution in [1.29, 1.82) is 0 Å². The summed E-state index contributed by atoms with van der Waals surface area (Å²) in [4.78, 5) is 13.4. The van der Waals surface area contributed by atoms with Crippen LogP contribution in [-0.2, 0) is 6.54 Å². The summed E-state index contributed by atoms with van der Waals surface area (Å²) in [6, 6.07) is 13.5. The van der Waals surface area contributed by atoms with Crippen molar-refractivity contribution in [3.8, 4) is 22.6 Å². The summed E-state index contributed by atoms with van der Waals surface area (Å²) in [5.74, 6) is 1.31. The number of aromatic nitrogens is 3. The molecule has 0 radical (unpaired) electrons. The minimum atomic E-state index is 0.394. The quantitative estimate of drug-likeness (QED) is 0.428. The SMILES string of the molecule is COc1ccc(-c2ccnc3c(NCc4ccnc(C)c4)cc(Cl)nc23)cc1OC. The van der Waals surface area contributed by atoms with E-state index in [-0.39, 0.29) is 0 Å². The van der Waals surface area contributed by atoms with Crippen molar-refractivity contribution in [2.75, 3.05) is 19.5 Å². The van der Waals surface area contributed by atoms with E-state index in [1.165, 1.54) is 0 Å². The Balaban J connectivity index is 1.77. The number of halogens is 1. The number of hydrogen-bond donors (Lipinski definition) is 1. The van der Waals surface area contributed by atoms with Gasteiger partial charge in [-0.2, -0.15) is 0 Å². The number of nitrogens with zero attached hydrogens (tertiary/aromatic N) is 3. The highest BCUT2D eigenvalue weighted by Gasteiger charge is 2.14. The van der Waals surface area contributed by atoms with Crippen molar-refractivity contribution in [3.05, 3.63) is 71.3 Å². The van der Waals surface area contributed by atoms with E-state index in [4.69, 9.17) is 21.1 Å². The van der Waals surface area contributed by atoms with Crippen molar-refractivity contribution >= 4 is 28.3 Å². The second-order valence-corrected chi connectivity index (χ2v) is 7.16. The van der Waals surface area contributed by atoms with Gasteiger partial charge in [-0.1, -0.05) is 17.7 Å². The van der Waals surface area contributed by atoms with Crippen LogP contribution in [0.25, 0.3) is 22.2 Å². The van der Waals surface area contributed by atoms with Gasteiger partial charge in [0.2, 0.25) is 0 Å². The van der Waals surface area contributed by atoms with E-state index >= 15 is 0 Å². The highest BCUT2D eigenvalue weighted by Crippen LogP contribution is 2.36. The van der Waals surface area contributed by atoms with Crippen molar-refractivity contribution in [2.45, 2.75) is 13.5 Å². The number of rotatable bonds is 6. The van der Waals surface area contributed by atoms with Gasteiger partial charge in [-0.15, -0.1) is 0 Å². The second kappa shape index (κ2) is 8.55. The van der Waals surface area contributed by atoms with Crippen LogP contribution in [0.15, 0.2) is 54.9 Å². The Morgan fingerprint density at radius 3 is 2.47 bits per heavy atom. The first-order chi connectivity index (χ1) is 14.6. The maximum absolute atomic E-state index is 6.36. The molecule has 0 saturated carbocycles. The van der Waals surface area contributed by atoms with Crippen molar-refractivity contribution in [2.24, 2.45) is 0 Å². The molecule has 0 saturated heterocycles. The Kier molecular flexibility index (Phi) is 5.68. The molecule has 3 aromatic heterocycles. The molecule has 4 aromatic rings. The monoisotopic (exact) mass is 420 g/mol. The molecule has 0 bridgehead atoms. The molecule has 1 aromatic carbocycles. The van der Waals surface area contributed by atoms with Gasteiger partial charge in [0.25, 0.3) is 0 Å². The van der Waals surface area contributed by atoms with Crippen LogP contribution in [0.5, 0.6) is 11.5 Å². The zero-order valence-electron chi connectivity index (χ0n) is 16.9. The third-order valence-corrected chi connectivity index (χ3v) is 4.99. The molecule has 0 spiro atoms. The standard InChI is InChI=1S/C23H21ClN4O2/c1-14-10-15(6-8-25-14)13-27-18-12-21(24)28-22-17(7-9-26-23(18)22)16-4-5-19(29-2)20(11-16)30-3/h4-12H,13H2,1-3H3,(H,27,28). The molecule has 3 heterocycles. The van der Waals surface area contributed by atoms with E-state index in [0.29, 0.717) is 28.7 Å². The molecule has 0 aliphatic heterocycles. The smallest absolute Gasteiger partial charge is 0.161 e. The third-order valence-electron chi connectivity index (χ3n) is 4.80. The van der Waals surface area contributed by atoms with Gasteiger partial charge in [-0.25, -0.2) is 4.98 Å². The van der Waals surface area contributed by atoms with Gasteiger partial charge in [-0.05, 0) is 48.4 Å². The van der Waals surface area contributed by atoms with Gasteiger partial charge in [0.05, 0.1) is 19.9 Å². The first kappa shape index (κ1) is 19.9.